The van der Waals surface area contributed by atoms with E-state index in [0.717, 1.165) is 0 Å². The monoisotopic (exact) mass is 173 g/mol. The molecule has 0 aromatic heterocycles. The lowest BCUT2D eigenvalue weighted by atomic mass is 9.91. The Hall–Kier alpha value is -1.06. The van der Waals surface area contributed by atoms with Gasteiger partial charge in [-0.05, 0) is 20.3 Å². The molecule has 0 unspecified atom stereocenters. The summed E-state index contributed by atoms with van der Waals surface area (Å²) in [6.45, 7) is 5.33. The second-order valence-corrected chi connectivity index (χ2v) is 3.16. The highest BCUT2D eigenvalue weighted by Crippen LogP contribution is 2.21. The molecule has 0 heterocycles. The zero-order chi connectivity index (χ0) is 9.78. The maximum atomic E-state index is 11.2. The van der Waals surface area contributed by atoms with Crippen molar-refractivity contribution in [2.75, 3.05) is 7.05 Å². The Kier molecular flexibility index (Phi) is 3.73. The molecule has 0 bridgehead atoms. The lowest BCUT2D eigenvalue weighted by Crippen LogP contribution is -2.31. The molecule has 0 rings (SSSR count). The average molecular weight is 173 g/mol. The van der Waals surface area contributed by atoms with Gasteiger partial charge < -0.3 is 10.1 Å². The van der Waals surface area contributed by atoms with Gasteiger partial charge in [0.05, 0.1) is 5.41 Å². The van der Waals surface area contributed by atoms with Crippen molar-refractivity contribution in [3.05, 3.63) is 0 Å². The number of carbonyl (C=O) groups is 2. The summed E-state index contributed by atoms with van der Waals surface area (Å²) in [6, 6.07) is 0. The number of carbonyl (C=O) groups excluding carboxylic acids is 2. The quantitative estimate of drug-likeness (QED) is 0.506. The van der Waals surface area contributed by atoms with E-state index in [2.05, 4.69) is 10.1 Å². The molecule has 0 spiro atoms. The highest BCUT2D eigenvalue weighted by molar-refractivity contribution is 5.87. The van der Waals surface area contributed by atoms with Crippen LogP contribution in [-0.4, -0.2) is 19.1 Å². The Bertz CT molecular complexity index is 187. The standard InChI is InChI=1S/C8H15NO3/c1-5-8(2,3)6(10)12-7(11)9-4/h5H2,1-4H3,(H,9,11). The van der Waals surface area contributed by atoms with Gasteiger partial charge in [0.2, 0.25) is 0 Å². The fourth-order valence-electron chi connectivity index (χ4n) is 0.418. The van der Waals surface area contributed by atoms with Gasteiger partial charge in [-0.2, -0.15) is 0 Å². The molecule has 0 aliphatic carbocycles. The van der Waals surface area contributed by atoms with Gasteiger partial charge in [-0.15, -0.1) is 0 Å². The molecule has 1 amide bonds. The van der Waals surface area contributed by atoms with E-state index in [1.807, 2.05) is 6.92 Å². The molecule has 0 fully saturated rings. The summed E-state index contributed by atoms with van der Waals surface area (Å²) >= 11 is 0. The van der Waals surface area contributed by atoms with Crippen LogP contribution in [0.2, 0.25) is 0 Å². The number of rotatable bonds is 2. The van der Waals surface area contributed by atoms with Crippen LogP contribution in [0.15, 0.2) is 0 Å². The number of ether oxygens (including phenoxy) is 1. The molecule has 0 radical (unpaired) electrons. The maximum absolute atomic E-state index is 11.2. The van der Waals surface area contributed by atoms with Gasteiger partial charge >= 0.3 is 12.1 Å². The van der Waals surface area contributed by atoms with Crippen molar-refractivity contribution < 1.29 is 14.3 Å². The molecular formula is C8H15NO3. The molecular weight excluding hydrogens is 158 g/mol. The largest absolute Gasteiger partial charge is 0.414 e. The van der Waals surface area contributed by atoms with Gasteiger partial charge in [0.1, 0.15) is 0 Å². The number of esters is 1. The number of alkyl carbamates (subject to hydrolysis) is 1. The molecule has 0 saturated heterocycles. The van der Waals surface area contributed by atoms with E-state index in [4.69, 9.17) is 0 Å². The lowest BCUT2D eigenvalue weighted by molar-refractivity contribution is -0.147. The van der Waals surface area contributed by atoms with Crippen LogP contribution in [0, 0.1) is 5.41 Å². The number of hydrogen-bond donors (Lipinski definition) is 1. The van der Waals surface area contributed by atoms with Crippen molar-refractivity contribution >= 4 is 12.1 Å². The van der Waals surface area contributed by atoms with E-state index >= 15 is 0 Å². The van der Waals surface area contributed by atoms with Crippen LogP contribution in [0.4, 0.5) is 4.79 Å². The third kappa shape index (κ3) is 2.90. The highest BCUT2D eigenvalue weighted by Gasteiger charge is 2.28. The second-order valence-electron chi connectivity index (χ2n) is 3.16. The van der Waals surface area contributed by atoms with Gasteiger partial charge in [-0.25, -0.2) is 4.79 Å². The minimum Gasteiger partial charge on any atom is -0.376 e. The SMILES string of the molecule is CCC(C)(C)C(=O)OC(=O)NC. The first kappa shape index (κ1) is 10.9. The third-order valence-corrected chi connectivity index (χ3v) is 1.83. The fourth-order valence-corrected chi connectivity index (χ4v) is 0.418. The van der Waals surface area contributed by atoms with E-state index in [-0.39, 0.29) is 0 Å². The van der Waals surface area contributed by atoms with Crippen LogP contribution in [0.1, 0.15) is 27.2 Å². The first-order valence-electron chi connectivity index (χ1n) is 3.88. The predicted molar refractivity (Wildman–Crippen MR) is 44.6 cm³/mol. The summed E-state index contributed by atoms with van der Waals surface area (Å²) in [6.07, 6.45) is -0.0652. The zero-order valence-corrected chi connectivity index (χ0v) is 7.93. The molecule has 0 saturated carbocycles. The normalized spacial score (nSPS) is 10.7. The van der Waals surface area contributed by atoms with Gasteiger partial charge in [-0.3, -0.25) is 4.79 Å². The van der Waals surface area contributed by atoms with E-state index < -0.39 is 17.5 Å². The van der Waals surface area contributed by atoms with E-state index in [1.54, 1.807) is 13.8 Å². The summed E-state index contributed by atoms with van der Waals surface area (Å²) in [4.78, 5) is 21.8. The number of nitrogens with one attached hydrogen (secondary N) is 1. The third-order valence-electron chi connectivity index (χ3n) is 1.83. The van der Waals surface area contributed by atoms with Crippen LogP contribution in [0.25, 0.3) is 0 Å². The van der Waals surface area contributed by atoms with Gasteiger partial charge in [0.25, 0.3) is 0 Å². The smallest absolute Gasteiger partial charge is 0.376 e. The van der Waals surface area contributed by atoms with Crippen LogP contribution >= 0.6 is 0 Å². The molecule has 4 heteroatoms. The van der Waals surface area contributed by atoms with Crippen molar-refractivity contribution in [2.45, 2.75) is 27.2 Å². The minimum absolute atomic E-state index is 0.496. The summed E-state index contributed by atoms with van der Waals surface area (Å²) < 4.78 is 4.47. The number of amides is 1. The van der Waals surface area contributed by atoms with Crippen LogP contribution < -0.4 is 5.32 Å². The molecule has 4 nitrogen and oxygen atoms in total. The molecule has 0 aromatic rings. The molecule has 1 N–H and O–H groups in total. The van der Waals surface area contributed by atoms with Crippen LogP contribution in [0.3, 0.4) is 0 Å². The molecule has 70 valence electrons. The lowest BCUT2D eigenvalue weighted by Gasteiger charge is -2.18. The van der Waals surface area contributed by atoms with E-state index in [0.29, 0.717) is 6.42 Å². The molecule has 12 heavy (non-hydrogen) atoms. The Labute approximate surface area is 72.3 Å². The predicted octanol–water partition coefficient (Wildman–Crippen LogP) is 1.31. The Balaban J connectivity index is 4.13. The van der Waals surface area contributed by atoms with Gasteiger partial charge in [0.15, 0.2) is 0 Å². The van der Waals surface area contributed by atoms with Crippen molar-refractivity contribution in [1.29, 1.82) is 0 Å². The van der Waals surface area contributed by atoms with Gasteiger partial charge in [0, 0.05) is 7.05 Å². The molecule has 0 atom stereocenters. The first-order chi connectivity index (χ1) is 5.44. The molecule has 0 aliphatic heterocycles. The summed E-state index contributed by atoms with van der Waals surface area (Å²) in [5.74, 6) is -0.496. The summed E-state index contributed by atoms with van der Waals surface area (Å²) in [5.41, 5.74) is -0.591. The highest BCUT2D eigenvalue weighted by atomic mass is 16.6. The Morgan fingerprint density at radius 3 is 2.25 bits per heavy atom. The van der Waals surface area contributed by atoms with Crippen molar-refractivity contribution in [3.8, 4) is 0 Å². The second kappa shape index (κ2) is 4.09. The summed E-state index contributed by atoms with van der Waals surface area (Å²) in [7, 11) is 1.41. The van der Waals surface area contributed by atoms with E-state index in [1.165, 1.54) is 7.05 Å². The van der Waals surface area contributed by atoms with Crippen LogP contribution in [-0.2, 0) is 9.53 Å². The minimum atomic E-state index is -0.707. The topological polar surface area (TPSA) is 55.4 Å². The molecule has 0 aliphatic rings. The first-order valence-corrected chi connectivity index (χ1v) is 3.88. The Morgan fingerprint density at radius 1 is 1.42 bits per heavy atom. The zero-order valence-electron chi connectivity index (χ0n) is 7.93. The summed E-state index contributed by atoms with van der Waals surface area (Å²) in [5, 5.41) is 2.21. The Morgan fingerprint density at radius 2 is 1.92 bits per heavy atom. The van der Waals surface area contributed by atoms with Gasteiger partial charge in [-0.1, -0.05) is 6.92 Å². The van der Waals surface area contributed by atoms with Crippen molar-refractivity contribution in [3.63, 3.8) is 0 Å². The van der Waals surface area contributed by atoms with Crippen LogP contribution in [0.5, 0.6) is 0 Å². The van der Waals surface area contributed by atoms with E-state index in [9.17, 15) is 9.59 Å². The number of hydrogen-bond acceptors (Lipinski definition) is 3. The van der Waals surface area contributed by atoms with Crippen molar-refractivity contribution in [1.82, 2.24) is 5.32 Å². The molecule has 0 aromatic carbocycles. The maximum Gasteiger partial charge on any atom is 0.414 e. The average Bonchev–Trinajstić information content (AvgIpc) is 2.04. The fraction of sp³-hybridized carbons (Fsp3) is 0.750. The van der Waals surface area contributed by atoms with Crippen molar-refractivity contribution in [2.24, 2.45) is 5.41 Å².